The van der Waals surface area contributed by atoms with E-state index in [0.717, 1.165) is 41.1 Å². The van der Waals surface area contributed by atoms with E-state index in [1.54, 1.807) is 12.1 Å². The predicted molar refractivity (Wildman–Crippen MR) is 120 cm³/mol. The van der Waals surface area contributed by atoms with Crippen LogP contribution >= 0.6 is 11.3 Å². The number of amides is 2. The van der Waals surface area contributed by atoms with E-state index in [1.807, 2.05) is 18.2 Å². The van der Waals surface area contributed by atoms with E-state index in [-0.39, 0.29) is 30.2 Å². The van der Waals surface area contributed by atoms with Crippen molar-refractivity contribution in [1.82, 2.24) is 5.01 Å². The highest BCUT2D eigenvalue weighted by Crippen LogP contribution is 2.39. The SMILES string of the molecule is CN1N=C(C(=O)OCC(=O)Nc2sc3c(c2C(=O)c2ccccc2)CCCC3)CCC1=O. The standard InChI is InChI=1S/C23H23N3O5S/c1-26-19(28)12-11-16(25-26)23(30)31-13-18(27)24-22-20(15-9-5-6-10-17(15)32-22)21(29)14-7-3-2-4-8-14/h2-4,7-8H,5-6,9-13H2,1H3,(H,24,27). The Morgan fingerprint density at radius 2 is 1.84 bits per heavy atom. The molecule has 0 bridgehead atoms. The van der Waals surface area contributed by atoms with Crippen molar-refractivity contribution in [2.45, 2.75) is 38.5 Å². The van der Waals surface area contributed by atoms with Crippen LogP contribution in [0.4, 0.5) is 5.00 Å². The van der Waals surface area contributed by atoms with Crippen molar-refractivity contribution in [2.24, 2.45) is 5.10 Å². The minimum atomic E-state index is -0.731. The fourth-order valence-electron chi connectivity index (χ4n) is 3.82. The monoisotopic (exact) mass is 453 g/mol. The second kappa shape index (κ2) is 9.44. The van der Waals surface area contributed by atoms with Crippen LogP contribution in [0.5, 0.6) is 0 Å². The largest absolute Gasteiger partial charge is 0.451 e. The van der Waals surface area contributed by atoms with Gasteiger partial charge < -0.3 is 10.1 Å². The molecule has 0 fully saturated rings. The molecule has 0 atom stereocenters. The molecule has 9 heteroatoms. The molecule has 32 heavy (non-hydrogen) atoms. The van der Waals surface area contributed by atoms with Crippen molar-refractivity contribution in [3.8, 4) is 0 Å². The number of benzene rings is 1. The first-order valence-corrected chi connectivity index (χ1v) is 11.3. The van der Waals surface area contributed by atoms with Gasteiger partial charge in [0.05, 0.1) is 5.56 Å². The van der Waals surface area contributed by atoms with Crippen molar-refractivity contribution in [1.29, 1.82) is 0 Å². The molecule has 2 aromatic rings. The summed E-state index contributed by atoms with van der Waals surface area (Å²) in [6, 6.07) is 8.98. The summed E-state index contributed by atoms with van der Waals surface area (Å²) < 4.78 is 5.09. The molecule has 2 heterocycles. The van der Waals surface area contributed by atoms with E-state index in [1.165, 1.54) is 18.4 Å². The Morgan fingerprint density at radius 1 is 1.09 bits per heavy atom. The first-order valence-electron chi connectivity index (χ1n) is 10.5. The Morgan fingerprint density at radius 3 is 2.59 bits per heavy atom. The van der Waals surface area contributed by atoms with Crippen LogP contribution in [0.15, 0.2) is 35.4 Å². The zero-order valence-electron chi connectivity index (χ0n) is 17.7. The number of ether oxygens (including phenoxy) is 1. The Kier molecular flexibility index (Phi) is 6.45. The van der Waals surface area contributed by atoms with Crippen LogP contribution in [0.3, 0.4) is 0 Å². The molecule has 0 saturated heterocycles. The van der Waals surface area contributed by atoms with E-state index in [9.17, 15) is 19.2 Å². The first-order chi connectivity index (χ1) is 15.4. The number of hydrogen-bond donors (Lipinski definition) is 1. The normalized spacial score (nSPS) is 15.6. The molecule has 1 aromatic carbocycles. The first kappa shape index (κ1) is 21.9. The number of hydrazone groups is 1. The lowest BCUT2D eigenvalue weighted by Crippen LogP contribution is -2.33. The summed E-state index contributed by atoms with van der Waals surface area (Å²) >= 11 is 1.41. The number of fused-ring (bicyclic) bond motifs is 1. The van der Waals surface area contributed by atoms with Crippen molar-refractivity contribution >= 4 is 45.6 Å². The average molecular weight is 454 g/mol. The fraction of sp³-hybridized carbons (Fsp3) is 0.348. The second-order valence-electron chi connectivity index (χ2n) is 7.70. The molecular weight excluding hydrogens is 430 g/mol. The Balaban J connectivity index is 1.48. The molecule has 0 saturated carbocycles. The smallest absolute Gasteiger partial charge is 0.355 e. The molecule has 1 aliphatic carbocycles. The lowest BCUT2D eigenvalue weighted by molar-refractivity contribution is -0.141. The minimum Gasteiger partial charge on any atom is -0.451 e. The van der Waals surface area contributed by atoms with Crippen molar-refractivity contribution in [3.63, 3.8) is 0 Å². The highest BCUT2D eigenvalue weighted by molar-refractivity contribution is 7.17. The number of rotatable bonds is 6. The summed E-state index contributed by atoms with van der Waals surface area (Å²) in [6.45, 7) is -0.503. The molecular formula is C23H23N3O5S. The van der Waals surface area contributed by atoms with Crippen molar-refractivity contribution in [3.05, 3.63) is 51.9 Å². The van der Waals surface area contributed by atoms with Crippen LogP contribution in [0, 0.1) is 0 Å². The summed E-state index contributed by atoms with van der Waals surface area (Å²) in [6.07, 6.45) is 4.08. The molecule has 1 aromatic heterocycles. The van der Waals surface area contributed by atoms with Crippen molar-refractivity contribution in [2.75, 3.05) is 19.0 Å². The minimum absolute atomic E-state index is 0.103. The lowest BCUT2D eigenvalue weighted by Gasteiger charge is -2.18. The predicted octanol–water partition coefficient (Wildman–Crippen LogP) is 2.95. The molecule has 166 valence electrons. The molecule has 1 N–H and O–H groups in total. The number of thiophene rings is 1. The third-order valence-electron chi connectivity index (χ3n) is 5.46. The number of ketones is 1. The van der Waals surface area contributed by atoms with Gasteiger partial charge in [-0.25, -0.2) is 9.80 Å². The Bertz CT molecular complexity index is 1110. The van der Waals surface area contributed by atoms with Gasteiger partial charge in [0.15, 0.2) is 12.4 Å². The second-order valence-corrected chi connectivity index (χ2v) is 8.80. The average Bonchev–Trinajstić information content (AvgIpc) is 3.17. The van der Waals surface area contributed by atoms with Gasteiger partial charge in [-0.15, -0.1) is 11.3 Å². The zero-order valence-corrected chi connectivity index (χ0v) is 18.5. The molecule has 2 amide bonds. The van der Waals surface area contributed by atoms with Gasteiger partial charge in [0, 0.05) is 30.3 Å². The van der Waals surface area contributed by atoms with Crippen LogP contribution in [-0.4, -0.2) is 47.9 Å². The molecule has 8 nitrogen and oxygen atoms in total. The quantitative estimate of drug-likeness (QED) is 0.535. The van der Waals surface area contributed by atoms with Gasteiger partial charge >= 0.3 is 5.97 Å². The van der Waals surface area contributed by atoms with Gasteiger partial charge in [-0.2, -0.15) is 5.10 Å². The third kappa shape index (κ3) is 4.62. The number of carbonyl (C=O) groups excluding carboxylic acids is 4. The van der Waals surface area contributed by atoms with E-state index in [2.05, 4.69) is 10.4 Å². The molecule has 4 rings (SSSR count). The summed E-state index contributed by atoms with van der Waals surface area (Å²) in [4.78, 5) is 50.6. The number of esters is 1. The van der Waals surface area contributed by atoms with Crippen molar-refractivity contribution < 1.29 is 23.9 Å². The van der Waals surface area contributed by atoms with Crippen LogP contribution in [0.1, 0.15) is 52.0 Å². The highest BCUT2D eigenvalue weighted by atomic mass is 32.1. The number of nitrogens with one attached hydrogen (secondary N) is 1. The number of aryl methyl sites for hydroxylation is 1. The highest BCUT2D eigenvalue weighted by Gasteiger charge is 2.28. The number of anilines is 1. The number of hydrogen-bond acceptors (Lipinski definition) is 7. The summed E-state index contributed by atoms with van der Waals surface area (Å²) in [5.41, 5.74) is 2.21. The summed E-state index contributed by atoms with van der Waals surface area (Å²) in [5.74, 6) is -1.57. The molecule has 0 unspecified atom stereocenters. The van der Waals surface area contributed by atoms with E-state index in [0.29, 0.717) is 16.1 Å². The Hall–Kier alpha value is -3.33. The fourth-order valence-corrected chi connectivity index (χ4v) is 5.12. The molecule has 0 spiro atoms. The maximum atomic E-state index is 13.2. The van der Waals surface area contributed by atoms with Crippen LogP contribution in [0.25, 0.3) is 0 Å². The van der Waals surface area contributed by atoms with E-state index >= 15 is 0 Å². The topological polar surface area (TPSA) is 105 Å². The maximum absolute atomic E-state index is 13.2. The number of nitrogens with zero attached hydrogens (tertiary/aromatic N) is 2. The van der Waals surface area contributed by atoms with E-state index in [4.69, 9.17) is 4.74 Å². The molecule has 0 radical (unpaired) electrons. The number of carbonyl (C=O) groups is 4. The van der Waals surface area contributed by atoms with Crippen LogP contribution in [0.2, 0.25) is 0 Å². The van der Waals surface area contributed by atoms with Gasteiger partial charge in [-0.3, -0.25) is 14.4 Å². The summed E-state index contributed by atoms with van der Waals surface area (Å²) in [5, 5.41) is 8.25. The van der Waals surface area contributed by atoms with Gasteiger partial charge in [0.25, 0.3) is 5.91 Å². The third-order valence-corrected chi connectivity index (χ3v) is 6.67. The molecule has 1 aliphatic heterocycles. The lowest BCUT2D eigenvalue weighted by atomic mass is 9.92. The van der Waals surface area contributed by atoms with Gasteiger partial charge in [0.1, 0.15) is 10.7 Å². The molecule has 2 aliphatic rings. The van der Waals surface area contributed by atoms with E-state index < -0.39 is 18.5 Å². The maximum Gasteiger partial charge on any atom is 0.355 e. The van der Waals surface area contributed by atoms with Crippen LogP contribution < -0.4 is 5.32 Å². The van der Waals surface area contributed by atoms with Gasteiger partial charge in [0.2, 0.25) is 5.91 Å². The van der Waals surface area contributed by atoms with Gasteiger partial charge in [-0.1, -0.05) is 30.3 Å². The Labute approximate surface area is 189 Å². The summed E-state index contributed by atoms with van der Waals surface area (Å²) in [7, 11) is 1.46. The van der Waals surface area contributed by atoms with Gasteiger partial charge in [-0.05, 0) is 31.2 Å². The van der Waals surface area contributed by atoms with Crippen LogP contribution in [-0.2, 0) is 32.0 Å². The zero-order chi connectivity index (χ0) is 22.7.